The number of pyridine rings is 1. The van der Waals surface area contributed by atoms with Crippen molar-refractivity contribution in [3.8, 4) is 5.75 Å². The van der Waals surface area contributed by atoms with Crippen LogP contribution in [0.5, 0.6) is 5.75 Å². The fourth-order valence-electron chi connectivity index (χ4n) is 3.36. The van der Waals surface area contributed by atoms with Gasteiger partial charge in [0.2, 0.25) is 0 Å². The van der Waals surface area contributed by atoms with Gasteiger partial charge in [-0.2, -0.15) is 0 Å². The fourth-order valence-corrected chi connectivity index (χ4v) is 4.53. The number of nitrogens with one attached hydrogen (secondary N) is 1. The van der Waals surface area contributed by atoms with Crippen LogP contribution in [0.25, 0.3) is 0 Å². The molecule has 0 saturated carbocycles. The molecule has 29 heavy (non-hydrogen) atoms. The van der Waals surface area contributed by atoms with Crippen molar-refractivity contribution in [2.45, 2.75) is 25.3 Å². The van der Waals surface area contributed by atoms with Gasteiger partial charge in [0.1, 0.15) is 16.2 Å². The van der Waals surface area contributed by atoms with E-state index in [1.165, 1.54) is 0 Å². The van der Waals surface area contributed by atoms with Crippen molar-refractivity contribution in [1.82, 2.24) is 4.57 Å². The van der Waals surface area contributed by atoms with Crippen molar-refractivity contribution in [2.75, 3.05) is 5.32 Å². The van der Waals surface area contributed by atoms with E-state index in [-0.39, 0.29) is 22.0 Å². The Kier molecular flexibility index (Phi) is 4.70. The lowest BCUT2D eigenvalue weighted by atomic mass is 10.1. The van der Waals surface area contributed by atoms with E-state index < -0.39 is 16.3 Å². The highest BCUT2D eigenvalue weighted by atomic mass is 32.3. The molecule has 1 aromatic heterocycles. The van der Waals surface area contributed by atoms with E-state index in [1.807, 2.05) is 30.3 Å². The zero-order valence-electron chi connectivity index (χ0n) is 16.0. The monoisotopic (exact) mass is 411 g/mol. The number of anilines is 1. The minimum atomic E-state index is -3.50. The summed E-state index contributed by atoms with van der Waals surface area (Å²) in [5.41, 5.74) is 1.97. The van der Waals surface area contributed by atoms with Crippen LogP contribution in [-0.4, -0.2) is 24.6 Å². The van der Waals surface area contributed by atoms with Crippen molar-refractivity contribution >= 4 is 22.3 Å². The summed E-state index contributed by atoms with van der Waals surface area (Å²) in [6.45, 7) is 3.80. The molecule has 0 unspecified atom stereocenters. The summed E-state index contributed by atoms with van der Waals surface area (Å²) in [5.74, 6) is -0.284. The summed E-state index contributed by atoms with van der Waals surface area (Å²) >= 11 is 0. The lowest BCUT2D eigenvalue weighted by Gasteiger charge is -2.34. The summed E-state index contributed by atoms with van der Waals surface area (Å²) in [6, 6.07) is 16.1. The average molecular weight is 411 g/mol. The van der Waals surface area contributed by atoms with Gasteiger partial charge in [0.25, 0.3) is 5.56 Å². The lowest BCUT2D eigenvalue weighted by Crippen LogP contribution is -2.33. The Hall–Kier alpha value is -3.07. The third kappa shape index (κ3) is 3.31. The first kappa shape index (κ1) is 19.3. The first-order chi connectivity index (χ1) is 13.8. The molecule has 0 amide bonds. The molecule has 0 spiro atoms. The average Bonchev–Trinajstić information content (AvgIpc) is 2.70. The molecule has 0 fully saturated rings. The van der Waals surface area contributed by atoms with Crippen LogP contribution in [0.15, 0.2) is 68.7 Å². The van der Waals surface area contributed by atoms with Crippen LogP contribution in [0.3, 0.4) is 0 Å². The standard InChI is InChI=1S/C21H21N3O4S/c1-13-14(2)24(12-15-8-4-3-5-9-15)21(26)18(19(13)25)20-22-16-10-6-7-11-17(16)29(27,28)23-20/h3-11,25,27-28H,12H2,1-2H3,(H,22,23). The van der Waals surface area contributed by atoms with Gasteiger partial charge in [-0.25, -0.2) is 0 Å². The maximum Gasteiger partial charge on any atom is 0.265 e. The number of hydrogen-bond donors (Lipinski definition) is 4. The number of amidine groups is 1. The van der Waals surface area contributed by atoms with E-state index in [4.69, 9.17) is 0 Å². The third-order valence-corrected chi connectivity index (χ3v) is 6.46. The summed E-state index contributed by atoms with van der Waals surface area (Å²) < 4.78 is 26.5. The normalized spacial score (nSPS) is 15.8. The minimum Gasteiger partial charge on any atom is -0.507 e. The van der Waals surface area contributed by atoms with Crippen LogP contribution >= 0.6 is 10.8 Å². The number of aromatic nitrogens is 1. The second-order valence-electron chi connectivity index (χ2n) is 6.89. The first-order valence-corrected chi connectivity index (χ1v) is 10.5. The largest absolute Gasteiger partial charge is 0.507 e. The van der Waals surface area contributed by atoms with Crippen LogP contribution in [0.1, 0.15) is 22.4 Å². The molecule has 0 saturated heterocycles. The van der Waals surface area contributed by atoms with Crippen molar-refractivity contribution in [3.63, 3.8) is 0 Å². The minimum absolute atomic E-state index is 0.0592. The summed E-state index contributed by atoms with van der Waals surface area (Å²) in [7, 11) is -3.50. The second-order valence-corrected chi connectivity index (χ2v) is 8.55. The van der Waals surface area contributed by atoms with Gasteiger partial charge in [0, 0.05) is 11.3 Å². The highest BCUT2D eigenvalue weighted by Crippen LogP contribution is 2.55. The number of hydrogen-bond acceptors (Lipinski definition) is 6. The Balaban J connectivity index is 1.89. The first-order valence-electron chi connectivity index (χ1n) is 9.01. The van der Waals surface area contributed by atoms with Gasteiger partial charge in [0.05, 0.1) is 12.2 Å². The van der Waals surface area contributed by atoms with Crippen molar-refractivity contribution < 1.29 is 14.2 Å². The molecule has 1 aliphatic rings. The van der Waals surface area contributed by atoms with Crippen LogP contribution in [-0.2, 0) is 6.54 Å². The quantitative estimate of drug-likeness (QED) is 0.519. The molecule has 0 radical (unpaired) electrons. The van der Waals surface area contributed by atoms with Gasteiger partial charge in [-0.15, -0.1) is 4.40 Å². The van der Waals surface area contributed by atoms with E-state index in [0.717, 1.165) is 5.56 Å². The number of fused-ring (bicyclic) bond motifs is 1. The Morgan fingerprint density at radius 1 is 1.03 bits per heavy atom. The second kappa shape index (κ2) is 7.07. The van der Waals surface area contributed by atoms with Gasteiger partial charge in [0.15, 0.2) is 5.84 Å². The van der Waals surface area contributed by atoms with E-state index in [9.17, 15) is 19.0 Å². The van der Waals surface area contributed by atoms with Gasteiger partial charge >= 0.3 is 0 Å². The predicted octanol–water partition coefficient (Wildman–Crippen LogP) is 4.12. The van der Waals surface area contributed by atoms with Gasteiger partial charge in [-0.1, -0.05) is 53.2 Å². The molecular formula is C21H21N3O4S. The maximum absolute atomic E-state index is 13.3. The molecule has 2 heterocycles. The van der Waals surface area contributed by atoms with Crippen molar-refractivity contribution in [3.05, 3.63) is 87.3 Å². The zero-order chi connectivity index (χ0) is 20.8. The molecule has 3 aromatic rings. The SMILES string of the molecule is Cc1c(O)c(C2=NS(O)(O)c3ccccc3N2)c(=O)n(Cc2ccccc2)c1C. The van der Waals surface area contributed by atoms with E-state index in [1.54, 1.807) is 42.7 Å². The number of rotatable bonds is 3. The Bertz CT molecular complexity index is 1190. The Labute approximate surface area is 169 Å². The molecule has 4 N–H and O–H groups in total. The maximum atomic E-state index is 13.3. The topological polar surface area (TPSA) is 107 Å². The van der Waals surface area contributed by atoms with Crippen molar-refractivity contribution in [1.29, 1.82) is 0 Å². The van der Waals surface area contributed by atoms with Crippen LogP contribution in [0, 0.1) is 13.8 Å². The third-order valence-electron chi connectivity index (χ3n) is 5.07. The van der Waals surface area contributed by atoms with E-state index in [0.29, 0.717) is 23.5 Å². The summed E-state index contributed by atoms with van der Waals surface area (Å²) in [6.07, 6.45) is 0. The number of aromatic hydroxyl groups is 1. The highest BCUT2D eigenvalue weighted by molar-refractivity contribution is 8.23. The molecule has 0 bridgehead atoms. The van der Waals surface area contributed by atoms with Crippen molar-refractivity contribution in [2.24, 2.45) is 4.40 Å². The molecular weight excluding hydrogens is 390 g/mol. The van der Waals surface area contributed by atoms with Gasteiger partial charge in [-0.3, -0.25) is 13.9 Å². The molecule has 8 heteroatoms. The smallest absolute Gasteiger partial charge is 0.265 e. The number of nitrogens with zero attached hydrogens (tertiary/aromatic N) is 2. The van der Waals surface area contributed by atoms with E-state index in [2.05, 4.69) is 9.71 Å². The summed E-state index contributed by atoms with van der Waals surface area (Å²) in [5, 5.41) is 13.7. The highest BCUT2D eigenvalue weighted by Gasteiger charge is 2.30. The molecule has 0 atom stereocenters. The van der Waals surface area contributed by atoms with Gasteiger partial charge < -0.3 is 15.0 Å². The van der Waals surface area contributed by atoms with Crippen LogP contribution in [0.2, 0.25) is 0 Å². The Morgan fingerprint density at radius 2 is 1.69 bits per heavy atom. The van der Waals surface area contributed by atoms with Crippen LogP contribution in [0.4, 0.5) is 5.69 Å². The Morgan fingerprint density at radius 3 is 2.41 bits per heavy atom. The molecule has 4 rings (SSSR count). The lowest BCUT2D eigenvalue weighted by molar-refractivity contribution is 0.463. The molecule has 150 valence electrons. The van der Waals surface area contributed by atoms with E-state index >= 15 is 0 Å². The zero-order valence-corrected chi connectivity index (χ0v) is 16.8. The number of para-hydroxylation sites is 1. The summed E-state index contributed by atoms with van der Waals surface area (Å²) in [4.78, 5) is 13.6. The van der Waals surface area contributed by atoms with Gasteiger partial charge in [-0.05, 0) is 31.5 Å². The fraction of sp³-hybridized carbons (Fsp3) is 0.143. The molecule has 1 aliphatic heterocycles. The molecule has 0 aliphatic carbocycles. The number of benzene rings is 2. The molecule has 2 aromatic carbocycles. The van der Waals surface area contributed by atoms with Crippen LogP contribution < -0.4 is 10.9 Å². The molecule has 7 nitrogen and oxygen atoms in total. The predicted molar refractivity (Wildman–Crippen MR) is 115 cm³/mol.